The van der Waals surface area contributed by atoms with E-state index in [0.29, 0.717) is 40.9 Å². The highest BCUT2D eigenvalue weighted by Gasteiger charge is 2.23. The molecular weight excluding hydrogens is 424 g/mol. The smallest absolute Gasteiger partial charge is 0.269 e. The number of nitrogens with zero attached hydrogens (tertiary/aromatic N) is 2. The molecule has 7 heteroatoms. The highest BCUT2D eigenvalue weighted by atomic mass is 35.5. The predicted octanol–water partition coefficient (Wildman–Crippen LogP) is 4.62. The van der Waals surface area contributed by atoms with Gasteiger partial charge in [0.1, 0.15) is 5.69 Å². The van der Waals surface area contributed by atoms with Crippen LogP contribution < -0.4 is 11.1 Å². The Kier molecular flexibility index (Phi) is 6.48. The van der Waals surface area contributed by atoms with E-state index in [1.807, 2.05) is 4.57 Å². The molecular formula is C25H25ClN4O2. The van der Waals surface area contributed by atoms with E-state index in [0.717, 1.165) is 29.3 Å². The van der Waals surface area contributed by atoms with E-state index in [4.69, 9.17) is 17.3 Å². The molecule has 2 aromatic carbocycles. The molecule has 1 aliphatic carbocycles. The number of hydrogen-bond donors (Lipinski definition) is 2. The molecule has 4 rings (SSSR count). The summed E-state index contributed by atoms with van der Waals surface area (Å²) in [7, 11) is 0. The van der Waals surface area contributed by atoms with E-state index in [9.17, 15) is 14.9 Å². The minimum atomic E-state index is -0.493. The van der Waals surface area contributed by atoms with Crippen LogP contribution in [0.1, 0.15) is 64.1 Å². The van der Waals surface area contributed by atoms with Crippen molar-refractivity contribution >= 4 is 34.3 Å². The van der Waals surface area contributed by atoms with Crippen molar-refractivity contribution in [2.75, 3.05) is 6.54 Å². The Morgan fingerprint density at radius 1 is 1.12 bits per heavy atom. The molecule has 164 valence electrons. The molecule has 3 aromatic rings. The molecule has 1 heterocycles. The van der Waals surface area contributed by atoms with Crippen LogP contribution in [0.3, 0.4) is 0 Å². The molecule has 0 atom stereocenters. The van der Waals surface area contributed by atoms with Gasteiger partial charge in [-0.1, -0.05) is 43.0 Å². The quantitative estimate of drug-likeness (QED) is 0.575. The topological polar surface area (TPSA) is 101 Å². The number of carbonyl (C=O) groups is 2. The number of nitrogens with two attached hydrogens (primary N) is 1. The van der Waals surface area contributed by atoms with Crippen molar-refractivity contribution in [2.24, 2.45) is 11.7 Å². The van der Waals surface area contributed by atoms with Gasteiger partial charge in [0.25, 0.3) is 5.91 Å². The first-order valence-corrected chi connectivity index (χ1v) is 11.2. The Labute approximate surface area is 192 Å². The van der Waals surface area contributed by atoms with E-state index in [-0.39, 0.29) is 5.91 Å². The lowest BCUT2D eigenvalue weighted by atomic mass is 9.89. The standard InChI is InChI=1S/C25H25ClN4O2/c26-22-20-11-8-18(13-27)12-21(20)30(15-17-6-9-19(10-7-17)24(28)31)23(22)25(32)29-14-16-4-2-1-3-5-16/h6-12,16H,1-5,14-15H2,(H2,28,31)(H,29,32). The second-order valence-corrected chi connectivity index (χ2v) is 8.75. The molecule has 0 unspecified atom stereocenters. The van der Waals surface area contributed by atoms with Gasteiger partial charge in [-0.3, -0.25) is 9.59 Å². The summed E-state index contributed by atoms with van der Waals surface area (Å²) in [5.41, 5.74) is 8.23. The lowest BCUT2D eigenvalue weighted by Crippen LogP contribution is -2.32. The number of nitriles is 1. The van der Waals surface area contributed by atoms with Gasteiger partial charge >= 0.3 is 0 Å². The van der Waals surface area contributed by atoms with Gasteiger partial charge in [0.2, 0.25) is 5.91 Å². The lowest BCUT2D eigenvalue weighted by Gasteiger charge is -2.22. The third-order valence-electron chi connectivity index (χ3n) is 6.20. The van der Waals surface area contributed by atoms with Gasteiger partial charge in [-0.25, -0.2) is 0 Å². The number of benzene rings is 2. The van der Waals surface area contributed by atoms with Crippen LogP contribution in [0, 0.1) is 17.2 Å². The zero-order valence-corrected chi connectivity index (χ0v) is 18.5. The van der Waals surface area contributed by atoms with Gasteiger partial charge in [0.05, 0.1) is 22.2 Å². The van der Waals surface area contributed by atoms with Gasteiger partial charge in [-0.05, 0) is 54.7 Å². The zero-order chi connectivity index (χ0) is 22.7. The number of fused-ring (bicyclic) bond motifs is 1. The van der Waals surface area contributed by atoms with Crippen LogP contribution >= 0.6 is 11.6 Å². The molecule has 1 saturated carbocycles. The van der Waals surface area contributed by atoms with Crippen LogP contribution in [0.2, 0.25) is 5.02 Å². The first kappa shape index (κ1) is 21.9. The zero-order valence-electron chi connectivity index (χ0n) is 17.7. The van der Waals surface area contributed by atoms with Crippen LogP contribution in [0.4, 0.5) is 0 Å². The Bertz CT molecular complexity index is 1200. The SMILES string of the molecule is N#Cc1ccc2c(Cl)c(C(=O)NCC3CCCCC3)n(Cc3ccc(C(N)=O)cc3)c2c1. The molecule has 0 bridgehead atoms. The first-order chi connectivity index (χ1) is 15.5. The fourth-order valence-electron chi connectivity index (χ4n) is 4.43. The molecule has 1 fully saturated rings. The number of halogens is 1. The fourth-order valence-corrected chi connectivity index (χ4v) is 4.78. The molecule has 6 nitrogen and oxygen atoms in total. The molecule has 1 aliphatic rings. The number of rotatable bonds is 6. The van der Waals surface area contributed by atoms with E-state index in [1.165, 1.54) is 19.3 Å². The molecule has 32 heavy (non-hydrogen) atoms. The van der Waals surface area contributed by atoms with Gasteiger partial charge in [-0.15, -0.1) is 0 Å². The van der Waals surface area contributed by atoms with Crippen LogP contribution in [-0.4, -0.2) is 22.9 Å². The number of nitrogens with one attached hydrogen (secondary N) is 1. The number of carbonyl (C=O) groups excluding carboxylic acids is 2. The van der Waals surface area contributed by atoms with E-state index in [2.05, 4.69) is 11.4 Å². The van der Waals surface area contributed by atoms with E-state index in [1.54, 1.807) is 42.5 Å². The number of hydrogen-bond acceptors (Lipinski definition) is 3. The highest BCUT2D eigenvalue weighted by Crippen LogP contribution is 2.32. The monoisotopic (exact) mass is 448 g/mol. The van der Waals surface area contributed by atoms with Crippen LogP contribution in [0.5, 0.6) is 0 Å². The van der Waals surface area contributed by atoms with Gasteiger partial charge in [0, 0.05) is 24.0 Å². The van der Waals surface area contributed by atoms with Gasteiger partial charge in [-0.2, -0.15) is 5.26 Å². The van der Waals surface area contributed by atoms with Crippen LogP contribution in [0.15, 0.2) is 42.5 Å². The summed E-state index contributed by atoms with van der Waals surface area (Å²) in [4.78, 5) is 24.6. The summed E-state index contributed by atoms with van der Waals surface area (Å²) in [6.45, 7) is 0.997. The fraction of sp³-hybridized carbons (Fsp3) is 0.320. The second-order valence-electron chi connectivity index (χ2n) is 8.37. The van der Waals surface area contributed by atoms with Crippen molar-refractivity contribution in [3.8, 4) is 6.07 Å². The minimum absolute atomic E-state index is 0.218. The highest BCUT2D eigenvalue weighted by molar-refractivity contribution is 6.38. The van der Waals surface area contributed by atoms with Gasteiger partial charge < -0.3 is 15.6 Å². The van der Waals surface area contributed by atoms with Crippen molar-refractivity contribution in [3.63, 3.8) is 0 Å². The summed E-state index contributed by atoms with van der Waals surface area (Å²) in [6.07, 6.45) is 5.95. The Morgan fingerprint density at radius 3 is 2.50 bits per heavy atom. The lowest BCUT2D eigenvalue weighted by molar-refractivity contribution is 0.0934. The third kappa shape index (κ3) is 4.49. The van der Waals surface area contributed by atoms with Crippen molar-refractivity contribution in [3.05, 3.63) is 69.9 Å². The van der Waals surface area contributed by atoms with Crippen LogP contribution in [-0.2, 0) is 6.54 Å². The largest absolute Gasteiger partial charge is 0.366 e. The predicted molar refractivity (Wildman–Crippen MR) is 125 cm³/mol. The van der Waals surface area contributed by atoms with Crippen LogP contribution in [0.25, 0.3) is 10.9 Å². The second kappa shape index (κ2) is 9.46. The summed E-state index contributed by atoms with van der Waals surface area (Å²) < 4.78 is 1.84. The minimum Gasteiger partial charge on any atom is -0.366 e. The summed E-state index contributed by atoms with van der Waals surface area (Å²) in [5.74, 6) is -0.215. The van der Waals surface area contributed by atoms with E-state index < -0.39 is 5.91 Å². The summed E-state index contributed by atoms with van der Waals surface area (Å²) in [6, 6.07) is 14.3. The maximum atomic E-state index is 13.2. The number of amides is 2. The number of primary amides is 1. The van der Waals surface area contributed by atoms with Gasteiger partial charge in [0.15, 0.2) is 0 Å². The van der Waals surface area contributed by atoms with Crippen molar-refractivity contribution < 1.29 is 9.59 Å². The van der Waals surface area contributed by atoms with Crippen molar-refractivity contribution in [1.82, 2.24) is 9.88 Å². The summed E-state index contributed by atoms with van der Waals surface area (Å²) >= 11 is 6.68. The summed E-state index contributed by atoms with van der Waals surface area (Å²) in [5, 5.41) is 13.5. The molecule has 3 N–H and O–H groups in total. The molecule has 0 saturated heterocycles. The molecule has 0 aliphatic heterocycles. The Balaban J connectivity index is 1.70. The van der Waals surface area contributed by atoms with E-state index >= 15 is 0 Å². The maximum absolute atomic E-state index is 13.2. The van der Waals surface area contributed by atoms with Crippen molar-refractivity contribution in [1.29, 1.82) is 5.26 Å². The van der Waals surface area contributed by atoms with Crippen molar-refractivity contribution in [2.45, 2.75) is 38.6 Å². The molecule has 1 aromatic heterocycles. The average Bonchev–Trinajstić information content (AvgIpc) is 3.09. The Hall–Kier alpha value is -3.30. The molecule has 2 amide bonds. The number of aromatic nitrogens is 1. The maximum Gasteiger partial charge on any atom is 0.269 e. The normalized spacial score (nSPS) is 14.2. The third-order valence-corrected chi connectivity index (χ3v) is 6.58. The molecule has 0 spiro atoms. The Morgan fingerprint density at radius 2 is 1.84 bits per heavy atom. The molecule has 0 radical (unpaired) electrons. The average molecular weight is 449 g/mol. The first-order valence-electron chi connectivity index (χ1n) is 10.9.